The van der Waals surface area contributed by atoms with Crippen molar-refractivity contribution in [3.8, 4) is 0 Å². The van der Waals surface area contributed by atoms with E-state index in [4.69, 9.17) is 27.9 Å². The van der Waals surface area contributed by atoms with Gasteiger partial charge in [0.1, 0.15) is 15.5 Å². The van der Waals surface area contributed by atoms with Crippen LogP contribution in [-0.2, 0) is 4.74 Å². The molecule has 1 atom stereocenters. The summed E-state index contributed by atoms with van der Waals surface area (Å²) in [4.78, 5) is 48.8. The van der Waals surface area contributed by atoms with E-state index in [9.17, 15) is 24.5 Å². The number of benzene rings is 2. The summed E-state index contributed by atoms with van der Waals surface area (Å²) < 4.78 is 4.13. The first-order valence-corrected chi connectivity index (χ1v) is 9.02. The average Bonchev–Trinajstić information content (AvgIpc) is 3.29. The third-order valence-electron chi connectivity index (χ3n) is 4.84. The Kier molecular flexibility index (Phi) is 4.24. The molecule has 2 aromatic carbocycles. The van der Waals surface area contributed by atoms with E-state index in [1.54, 1.807) is 12.1 Å². The maximum absolute atomic E-state index is 12.9. The zero-order chi connectivity index (χ0) is 20.2. The topological polar surface area (TPSA) is 104 Å². The molecule has 9 heteroatoms. The lowest BCUT2D eigenvalue weighted by Gasteiger charge is -2.18. The van der Waals surface area contributed by atoms with Crippen molar-refractivity contribution in [1.82, 2.24) is 0 Å². The number of hydrogen-bond donors (Lipinski definition) is 0. The quantitative estimate of drug-likeness (QED) is 0.276. The number of ether oxygens (including phenoxy) is 1. The minimum atomic E-state index is -0.982. The summed E-state index contributed by atoms with van der Waals surface area (Å²) in [6.07, 6.45) is 0.444. The molecule has 7 nitrogen and oxygen atoms in total. The number of nitro groups is 1. The van der Waals surface area contributed by atoms with Crippen molar-refractivity contribution in [1.29, 1.82) is 0 Å². The molecule has 1 unspecified atom stereocenters. The van der Waals surface area contributed by atoms with E-state index in [0.717, 1.165) is 6.07 Å². The number of fused-ring (bicyclic) bond motifs is 2. The van der Waals surface area contributed by atoms with Gasteiger partial charge in [0.25, 0.3) is 5.69 Å². The molecule has 28 heavy (non-hydrogen) atoms. The van der Waals surface area contributed by atoms with Crippen LogP contribution in [0.2, 0.25) is 0 Å². The number of ketones is 2. The predicted molar refractivity (Wildman–Crippen MR) is 99.2 cm³/mol. The van der Waals surface area contributed by atoms with E-state index in [1.165, 1.54) is 18.2 Å². The van der Waals surface area contributed by atoms with Gasteiger partial charge < -0.3 is 4.74 Å². The molecular formula is C19H11Cl2NO6. The van der Waals surface area contributed by atoms with Crippen LogP contribution in [-0.4, -0.2) is 33.4 Å². The molecule has 0 bridgehead atoms. The molecule has 142 valence electrons. The first-order chi connectivity index (χ1) is 13.2. The van der Waals surface area contributed by atoms with Crippen molar-refractivity contribution >= 4 is 46.4 Å². The van der Waals surface area contributed by atoms with Gasteiger partial charge >= 0.3 is 5.97 Å². The highest BCUT2D eigenvalue weighted by Crippen LogP contribution is 2.53. The maximum atomic E-state index is 12.9. The summed E-state index contributed by atoms with van der Waals surface area (Å²) in [5.74, 6) is -2.44. The second kappa shape index (κ2) is 6.39. The number of nitro benzene ring substituents is 1. The van der Waals surface area contributed by atoms with Gasteiger partial charge in [-0.15, -0.1) is 23.2 Å². The van der Waals surface area contributed by atoms with Crippen LogP contribution in [0.5, 0.6) is 0 Å². The van der Waals surface area contributed by atoms with Crippen LogP contribution in [0.25, 0.3) is 0 Å². The molecule has 0 saturated heterocycles. The van der Waals surface area contributed by atoms with Crippen LogP contribution in [0.3, 0.4) is 0 Å². The molecule has 0 N–H and O–H groups in total. The lowest BCUT2D eigenvalue weighted by atomic mass is 9.82. The smallest absolute Gasteiger partial charge is 0.345 e. The number of esters is 1. The van der Waals surface area contributed by atoms with E-state index >= 15 is 0 Å². The fourth-order valence-corrected chi connectivity index (χ4v) is 3.73. The molecule has 0 radical (unpaired) electrons. The van der Waals surface area contributed by atoms with E-state index in [2.05, 4.69) is 0 Å². The molecule has 0 spiro atoms. The van der Waals surface area contributed by atoms with Crippen molar-refractivity contribution < 1.29 is 24.0 Å². The molecule has 1 saturated carbocycles. The number of nitrogens with zero attached hydrogens (tertiary/aromatic N) is 1. The fraction of sp³-hybridized carbons (Fsp3) is 0.211. The van der Waals surface area contributed by atoms with Crippen molar-refractivity contribution in [2.75, 3.05) is 6.61 Å². The Labute approximate surface area is 168 Å². The standard InChI is InChI=1S/C19H11Cl2NO6/c20-19(21)7-9(19)8-28-18(25)13-6-5-12-14(15(13)22(26)27)17(24)11-4-2-1-3-10(11)16(12)23/h1-6,9H,7-8H2. The molecule has 0 amide bonds. The van der Waals surface area contributed by atoms with Crippen LogP contribution in [0.15, 0.2) is 36.4 Å². The molecule has 2 aliphatic carbocycles. The molecule has 0 aliphatic heterocycles. The van der Waals surface area contributed by atoms with Crippen molar-refractivity contribution in [3.05, 3.63) is 74.3 Å². The molecule has 4 rings (SSSR count). The molecular weight excluding hydrogens is 409 g/mol. The fourth-order valence-electron chi connectivity index (χ4n) is 3.23. The minimum absolute atomic E-state index is 0.0562. The first kappa shape index (κ1) is 18.6. The predicted octanol–water partition coefficient (Wildman–Crippen LogP) is 3.72. The Hall–Kier alpha value is -2.77. The molecule has 1 fully saturated rings. The first-order valence-electron chi connectivity index (χ1n) is 8.27. The highest BCUT2D eigenvalue weighted by molar-refractivity contribution is 6.50. The number of alkyl halides is 2. The number of carbonyl (C=O) groups is 3. The Morgan fingerprint density at radius 1 is 1.11 bits per heavy atom. The summed E-state index contributed by atoms with van der Waals surface area (Å²) in [6.45, 7) is -0.101. The Morgan fingerprint density at radius 3 is 2.29 bits per heavy atom. The third kappa shape index (κ3) is 2.87. The second-order valence-electron chi connectivity index (χ2n) is 6.61. The second-order valence-corrected chi connectivity index (χ2v) is 8.15. The monoisotopic (exact) mass is 419 g/mol. The van der Waals surface area contributed by atoms with Gasteiger partial charge in [-0.1, -0.05) is 24.3 Å². The zero-order valence-corrected chi connectivity index (χ0v) is 15.6. The third-order valence-corrected chi connectivity index (χ3v) is 5.77. The van der Waals surface area contributed by atoms with E-state index < -0.39 is 43.6 Å². The molecule has 0 aromatic heterocycles. The maximum Gasteiger partial charge on any atom is 0.345 e. The number of rotatable bonds is 4. The van der Waals surface area contributed by atoms with Crippen LogP contribution in [0, 0.1) is 16.0 Å². The molecule has 0 heterocycles. The van der Waals surface area contributed by atoms with Crippen LogP contribution < -0.4 is 0 Å². The Bertz CT molecular complexity index is 1080. The largest absolute Gasteiger partial charge is 0.461 e. The van der Waals surface area contributed by atoms with Crippen LogP contribution >= 0.6 is 23.2 Å². The van der Waals surface area contributed by atoms with Gasteiger partial charge in [-0.05, 0) is 18.6 Å². The number of carbonyl (C=O) groups excluding carboxylic acids is 3. The van der Waals surface area contributed by atoms with E-state index in [1.807, 2.05) is 0 Å². The SMILES string of the molecule is O=C1c2ccccc2C(=O)c2c1ccc(C(=O)OCC1CC1(Cl)Cl)c2[N+](=O)[O-]. The van der Waals surface area contributed by atoms with Crippen LogP contribution in [0.4, 0.5) is 5.69 Å². The van der Waals surface area contributed by atoms with Gasteiger partial charge in [0, 0.05) is 22.6 Å². The Morgan fingerprint density at radius 2 is 1.71 bits per heavy atom. The van der Waals surface area contributed by atoms with Crippen molar-refractivity contribution in [2.24, 2.45) is 5.92 Å². The van der Waals surface area contributed by atoms with Gasteiger partial charge in [-0.3, -0.25) is 19.7 Å². The lowest BCUT2D eigenvalue weighted by molar-refractivity contribution is -0.385. The summed E-state index contributed by atoms with van der Waals surface area (Å²) in [6, 6.07) is 8.41. The van der Waals surface area contributed by atoms with Gasteiger partial charge in [-0.25, -0.2) is 4.79 Å². The van der Waals surface area contributed by atoms with Gasteiger partial charge in [0.15, 0.2) is 5.78 Å². The lowest BCUT2D eigenvalue weighted by Crippen LogP contribution is -2.24. The van der Waals surface area contributed by atoms with Gasteiger partial charge in [0.2, 0.25) is 5.78 Å². The highest BCUT2D eigenvalue weighted by atomic mass is 35.5. The van der Waals surface area contributed by atoms with Gasteiger partial charge in [0.05, 0.1) is 11.5 Å². The summed E-state index contributed by atoms with van der Waals surface area (Å²) >= 11 is 11.8. The number of halogens is 2. The highest BCUT2D eigenvalue weighted by Gasteiger charge is 2.52. The summed E-state index contributed by atoms with van der Waals surface area (Å²) in [5, 5.41) is 11.7. The van der Waals surface area contributed by atoms with E-state index in [0.29, 0.717) is 6.42 Å². The minimum Gasteiger partial charge on any atom is -0.461 e. The van der Waals surface area contributed by atoms with Gasteiger partial charge in [-0.2, -0.15) is 0 Å². The Balaban J connectivity index is 1.76. The summed E-state index contributed by atoms with van der Waals surface area (Å²) in [7, 11) is 0. The number of hydrogen-bond acceptors (Lipinski definition) is 6. The van der Waals surface area contributed by atoms with E-state index in [-0.39, 0.29) is 29.2 Å². The molecule has 2 aliphatic rings. The zero-order valence-electron chi connectivity index (χ0n) is 14.1. The normalized spacial score (nSPS) is 18.9. The molecule has 2 aromatic rings. The van der Waals surface area contributed by atoms with Crippen molar-refractivity contribution in [3.63, 3.8) is 0 Å². The average molecular weight is 420 g/mol. The van der Waals surface area contributed by atoms with Crippen molar-refractivity contribution in [2.45, 2.75) is 10.8 Å². The summed E-state index contributed by atoms with van der Waals surface area (Å²) in [5.41, 5.74) is -1.44. The van der Waals surface area contributed by atoms with Crippen LogP contribution in [0.1, 0.15) is 48.6 Å².